The Balaban J connectivity index is 1.84. The number of nitrogens with one attached hydrogen (secondary N) is 1. The third-order valence-corrected chi connectivity index (χ3v) is 9.52. The van der Waals surface area contributed by atoms with Gasteiger partial charge in [0, 0.05) is 23.5 Å². The first-order chi connectivity index (χ1) is 21.3. The van der Waals surface area contributed by atoms with Gasteiger partial charge in [0.05, 0.1) is 10.6 Å². The monoisotopic (exact) mass is 645 g/mol. The van der Waals surface area contributed by atoms with Crippen LogP contribution in [0.1, 0.15) is 43.0 Å². The molecule has 0 aliphatic rings. The van der Waals surface area contributed by atoms with Crippen LogP contribution >= 0.6 is 11.6 Å². The highest BCUT2D eigenvalue weighted by molar-refractivity contribution is 7.92. The number of carbonyl (C=O) groups is 2. The van der Waals surface area contributed by atoms with Crippen LogP contribution in [0.15, 0.2) is 108 Å². The fraction of sp³-hybridized carbons (Fsp3) is 0.278. The van der Waals surface area contributed by atoms with Gasteiger partial charge in [0.25, 0.3) is 10.0 Å². The van der Waals surface area contributed by atoms with Crippen molar-refractivity contribution in [2.75, 3.05) is 10.8 Å². The van der Waals surface area contributed by atoms with E-state index in [-0.39, 0.29) is 23.8 Å². The van der Waals surface area contributed by atoms with E-state index in [2.05, 4.69) is 5.32 Å². The smallest absolute Gasteiger partial charge is 0.264 e. The van der Waals surface area contributed by atoms with Crippen LogP contribution < -0.4 is 9.62 Å². The first kappa shape index (κ1) is 33.7. The summed E-state index contributed by atoms with van der Waals surface area (Å²) in [5.41, 5.74) is 3.07. The lowest BCUT2D eigenvalue weighted by Crippen LogP contribution is -2.56. The molecule has 0 saturated carbocycles. The van der Waals surface area contributed by atoms with Gasteiger partial charge >= 0.3 is 0 Å². The number of amides is 2. The average Bonchev–Trinajstić information content (AvgIpc) is 3.00. The van der Waals surface area contributed by atoms with Crippen molar-refractivity contribution in [1.82, 2.24) is 10.2 Å². The lowest BCUT2D eigenvalue weighted by Gasteiger charge is -2.35. The Hall–Kier alpha value is -4.14. The molecule has 1 N–H and O–H groups in total. The lowest BCUT2D eigenvalue weighted by atomic mass is 10.0. The number of carbonyl (C=O) groups excluding carboxylic acids is 2. The summed E-state index contributed by atoms with van der Waals surface area (Å²) in [6.07, 6.45) is 0.233. The van der Waals surface area contributed by atoms with Crippen LogP contribution in [0.5, 0.6) is 0 Å². The van der Waals surface area contributed by atoms with Crippen LogP contribution in [-0.2, 0) is 32.6 Å². The van der Waals surface area contributed by atoms with Gasteiger partial charge in [-0.05, 0) is 87.2 Å². The van der Waals surface area contributed by atoms with Crippen molar-refractivity contribution in [1.29, 1.82) is 0 Å². The van der Waals surface area contributed by atoms with Crippen LogP contribution in [0.3, 0.4) is 0 Å². The van der Waals surface area contributed by atoms with E-state index < -0.39 is 34.1 Å². The molecular formula is C36H40ClN3O4S. The number of rotatable bonds is 11. The van der Waals surface area contributed by atoms with Crippen LogP contribution in [0.25, 0.3) is 0 Å². The van der Waals surface area contributed by atoms with E-state index in [0.29, 0.717) is 10.7 Å². The maximum atomic E-state index is 14.6. The standard InChI is InChI=1S/C36H40ClN3O4S/c1-26-13-12-18-32(27(26)2)40(45(43,44)31-16-10-7-11-17-31)25-34(41)39(24-29-19-21-30(37)22-20-29)33(35(42)38-36(3,4)5)23-28-14-8-6-9-15-28/h6-22,33H,23-25H2,1-5H3,(H,38,42)/t33-/m1/s1. The second-order valence-corrected chi connectivity index (χ2v) is 14.4. The SMILES string of the molecule is Cc1cccc(N(CC(=O)N(Cc2ccc(Cl)cc2)[C@H](Cc2ccccc2)C(=O)NC(C)(C)C)S(=O)(=O)c2ccccc2)c1C. The quantitative estimate of drug-likeness (QED) is 0.197. The summed E-state index contributed by atoms with van der Waals surface area (Å²) in [4.78, 5) is 30.1. The number of halogens is 1. The number of nitrogens with zero attached hydrogens (tertiary/aromatic N) is 2. The molecule has 0 aliphatic heterocycles. The highest BCUT2D eigenvalue weighted by Gasteiger charge is 2.36. The fourth-order valence-electron chi connectivity index (χ4n) is 5.03. The Morgan fingerprint density at radius 2 is 1.40 bits per heavy atom. The summed E-state index contributed by atoms with van der Waals surface area (Å²) in [7, 11) is -4.17. The molecule has 2 amide bonds. The molecule has 0 saturated heterocycles. The third-order valence-electron chi connectivity index (χ3n) is 7.49. The Bertz CT molecular complexity index is 1720. The second kappa shape index (κ2) is 14.3. The zero-order valence-corrected chi connectivity index (χ0v) is 27.9. The molecule has 9 heteroatoms. The van der Waals surface area contributed by atoms with Crippen LogP contribution in [-0.4, -0.2) is 43.3 Å². The molecule has 7 nitrogen and oxygen atoms in total. The Labute approximate surface area is 271 Å². The zero-order chi connectivity index (χ0) is 32.8. The van der Waals surface area contributed by atoms with Crippen molar-refractivity contribution in [3.63, 3.8) is 0 Å². The van der Waals surface area contributed by atoms with Crippen molar-refractivity contribution in [2.45, 2.75) is 64.1 Å². The van der Waals surface area contributed by atoms with Crippen molar-refractivity contribution in [3.8, 4) is 0 Å². The Morgan fingerprint density at radius 1 is 0.800 bits per heavy atom. The van der Waals surface area contributed by atoms with Gasteiger partial charge in [-0.3, -0.25) is 13.9 Å². The van der Waals surface area contributed by atoms with Gasteiger partial charge in [-0.25, -0.2) is 8.42 Å². The van der Waals surface area contributed by atoms with Gasteiger partial charge in [0.15, 0.2) is 0 Å². The molecule has 1 atom stereocenters. The molecule has 4 rings (SSSR count). The predicted octanol–water partition coefficient (Wildman–Crippen LogP) is 6.71. The van der Waals surface area contributed by atoms with E-state index in [9.17, 15) is 18.0 Å². The molecule has 236 valence electrons. The third kappa shape index (κ3) is 8.74. The summed E-state index contributed by atoms with van der Waals surface area (Å²) in [6, 6.07) is 29.0. The molecule has 0 bridgehead atoms. The molecule has 4 aromatic carbocycles. The minimum Gasteiger partial charge on any atom is -0.350 e. The fourth-order valence-corrected chi connectivity index (χ4v) is 6.65. The molecule has 0 aliphatic carbocycles. The van der Waals surface area contributed by atoms with Gasteiger partial charge in [0.1, 0.15) is 12.6 Å². The molecule has 45 heavy (non-hydrogen) atoms. The van der Waals surface area contributed by atoms with Gasteiger partial charge in [-0.1, -0.05) is 84.4 Å². The average molecular weight is 646 g/mol. The van der Waals surface area contributed by atoms with Gasteiger partial charge in [-0.15, -0.1) is 0 Å². The second-order valence-electron chi connectivity index (χ2n) is 12.1. The van der Waals surface area contributed by atoms with Gasteiger partial charge in [0.2, 0.25) is 11.8 Å². The molecule has 0 spiro atoms. The Morgan fingerprint density at radius 3 is 2.00 bits per heavy atom. The number of anilines is 1. The van der Waals surface area contributed by atoms with E-state index in [0.717, 1.165) is 26.6 Å². The van der Waals surface area contributed by atoms with Crippen molar-refractivity contribution in [3.05, 3.63) is 130 Å². The number of sulfonamides is 1. The summed E-state index contributed by atoms with van der Waals surface area (Å²) < 4.78 is 29.5. The molecular weight excluding hydrogens is 606 g/mol. The molecule has 0 unspecified atom stereocenters. The van der Waals surface area contributed by atoms with Crippen molar-refractivity contribution >= 4 is 39.1 Å². The minimum absolute atomic E-state index is 0.0641. The predicted molar refractivity (Wildman–Crippen MR) is 181 cm³/mol. The van der Waals surface area contributed by atoms with Crippen LogP contribution in [0, 0.1) is 13.8 Å². The van der Waals surface area contributed by atoms with Gasteiger partial charge < -0.3 is 10.2 Å². The number of hydrogen-bond donors (Lipinski definition) is 1. The molecule has 0 fully saturated rings. The first-order valence-corrected chi connectivity index (χ1v) is 16.6. The largest absolute Gasteiger partial charge is 0.350 e. The number of benzene rings is 4. The Kier molecular flexibility index (Phi) is 10.7. The number of hydrogen-bond acceptors (Lipinski definition) is 4. The lowest BCUT2D eigenvalue weighted by molar-refractivity contribution is -0.140. The normalized spacial score (nSPS) is 12.3. The van der Waals surface area contributed by atoms with E-state index in [1.807, 2.05) is 71.0 Å². The highest BCUT2D eigenvalue weighted by Crippen LogP contribution is 2.29. The van der Waals surface area contributed by atoms with E-state index in [1.54, 1.807) is 54.6 Å². The molecule has 0 heterocycles. The summed E-state index contributed by atoms with van der Waals surface area (Å²) in [5, 5.41) is 3.58. The topological polar surface area (TPSA) is 86.8 Å². The van der Waals surface area contributed by atoms with E-state index in [4.69, 9.17) is 11.6 Å². The van der Waals surface area contributed by atoms with Crippen LogP contribution in [0.2, 0.25) is 5.02 Å². The molecule has 0 radical (unpaired) electrons. The van der Waals surface area contributed by atoms with E-state index >= 15 is 0 Å². The molecule has 0 aromatic heterocycles. The zero-order valence-electron chi connectivity index (χ0n) is 26.3. The first-order valence-electron chi connectivity index (χ1n) is 14.8. The maximum absolute atomic E-state index is 14.6. The molecule has 4 aromatic rings. The summed E-state index contributed by atoms with van der Waals surface area (Å²) in [6.45, 7) is 8.93. The van der Waals surface area contributed by atoms with Crippen molar-refractivity contribution in [2.24, 2.45) is 0 Å². The highest BCUT2D eigenvalue weighted by atomic mass is 35.5. The minimum atomic E-state index is -4.17. The maximum Gasteiger partial charge on any atom is 0.264 e. The summed E-state index contributed by atoms with van der Waals surface area (Å²) in [5.74, 6) is -0.853. The van der Waals surface area contributed by atoms with Crippen molar-refractivity contribution < 1.29 is 18.0 Å². The van der Waals surface area contributed by atoms with Gasteiger partial charge in [-0.2, -0.15) is 0 Å². The number of aryl methyl sites for hydroxylation is 1. The van der Waals surface area contributed by atoms with E-state index in [1.165, 1.54) is 17.0 Å². The summed E-state index contributed by atoms with van der Waals surface area (Å²) >= 11 is 6.16. The van der Waals surface area contributed by atoms with Crippen LogP contribution in [0.4, 0.5) is 5.69 Å².